The van der Waals surface area contributed by atoms with Crippen LogP contribution in [-0.4, -0.2) is 43.6 Å². The van der Waals surface area contributed by atoms with Gasteiger partial charge < -0.3 is 4.90 Å². The molecule has 5 rings (SSSR count). The minimum Gasteiger partial charge on any atom is -0.338 e. The Hall–Kier alpha value is -3.28. The van der Waals surface area contributed by atoms with Gasteiger partial charge in [-0.3, -0.25) is 9.78 Å². The molecule has 0 radical (unpaired) electrons. The molecule has 0 saturated carbocycles. The van der Waals surface area contributed by atoms with E-state index < -0.39 is 0 Å². The molecule has 0 aliphatic carbocycles. The van der Waals surface area contributed by atoms with Crippen LogP contribution in [0.5, 0.6) is 0 Å². The Labute approximate surface area is 175 Å². The number of likely N-dealkylation sites (tertiary alicyclic amines) is 1. The van der Waals surface area contributed by atoms with Crippen molar-refractivity contribution < 1.29 is 4.79 Å². The van der Waals surface area contributed by atoms with Crippen molar-refractivity contribution in [3.63, 3.8) is 0 Å². The molecule has 0 spiro atoms. The third-order valence-electron chi connectivity index (χ3n) is 5.95. The van der Waals surface area contributed by atoms with Crippen LogP contribution in [-0.2, 0) is 6.54 Å². The normalized spacial score (nSPS) is 17.0. The van der Waals surface area contributed by atoms with E-state index in [-0.39, 0.29) is 11.8 Å². The summed E-state index contributed by atoms with van der Waals surface area (Å²) in [6.07, 6.45) is 6.69. The fourth-order valence-corrected chi connectivity index (χ4v) is 4.43. The van der Waals surface area contributed by atoms with Crippen molar-refractivity contribution in [2.45, 2.75) is 38.6 Å². The smallest absolute Gasteiger partial charge is 0.254 e. The van der Waals surface area contributed by atoms with Gasteiger partial charge in [-0.2, -0.15) is 5.10 Å². The van der Waals surface area contributed by atoms with Crippen molar-refractivity contribution in [2.75, 3.05) is 13.1 Å². The first-order chi connectivity index (χ1) is 14.7. The third kappa shape index (κ3) is 3.32. The van der Waals surface area contributed by atoms with E-state index in [1.54, 1.807) is 6.20 Å². The van der Waals surface area contributed by atoms with Crippen LogP contribution in [0.15, 0.2) is 54.9 Å². The Balaban J connectivity index is 1.42. The molecule has 4 heterocycles. The first-order valence-corrected chi connectivity index (χ1v) is 10.7. The molecule has 1 saturated heterocycles. The van der Waals surface area contributed by atoms with Crippen molar-refractivity contribution in [3.8, 4) is 0 Å². The summed E-state index contributed by atoms with van der Waals surface area (Å²) in [5, 5.41) is 6.45. The fraction of sp³-hybridized carbons (Fsp3) is 0.333. The number of carbonyl (C=O) groups excluding carboxylic acids is 1. The Morgan fingerprint density at radius 3 is 3.00 bits per heavy atom. The van der Waals surface area contributed by atoms with Gasteiger partial charge in [-0.15, -0.1) is 0 Å². The average Bonchev–Trinajstić information content (AvgIpc) is 3.21. The summed E-state index contributed by atoms with van der Waals surface area (Å²) >= 11 is 0. The van der Waals surface area contributed by atoms with Crippen molar-refractivity contribution in [1.29, 1.82) is 0 Å². The monoisotopic (exact) mass is 399 g/mol. The lowest BCUT2D eigenvalue weighted by molar-refractivity contribution is 0.0708. The molecule has 152 valence electrons. The van der Waals surface area contributed by atoms with Gasteiger partial charge in [-0.1, -0.05) is 19.1 Å². The van der Waals surface area contributed by atoms with E-state index >= 15 is 0 Å². The van der Waals surface area contributed by atoms with Crippen molar-refractivity contribution >= 4 is 27.8 Å². The Kier molecular flexibility index (Phi) is 4.91. The van der Waals surface area contributed by atoms with Gasteiger partial charge in [0.25, 0.3) is 5.91 Å². The number of piperidine rings is 1. The predicted molar refractivity (Wildman–Crippen MR) is 117 cm³/mol. The number of hydrogen-bond acceptors (Lipinski definition) is 4. The summed E-state index contributed by atoms with van der Waals surface area (Å²) in [6, 6.07) is 13.8. The van der Waals surface area contributed by atoms with Gasteiger partial charge >= 0.3 is 0 Å². The van der Waals surface area contributed by atoms with Crippen LogP contribution in [0.3, 0.4) is 0 Å². The van der Waals surface area contributed by atoms with Gasteiger partial charge in [0.2, 0.25) is 0 Å². The molecular formula is C24H25N5O. The second kappa shape index (κ2) is 7.86. The van der Waals surface area contributed by atoms with Gasteiger partial charge in [0.15, 0.2) is 5.65 Å². The number of hydrogen-bond donors (Lipinski definition) is 0. The van der Waals surface area contributed by atoms with E-state index in [0.29, 0.717) is 6.54 Å². The topological polar surface area (TPSA) is 63.9 Å². The molecule has 1 unspecified atom stereocenters. The molecule has 30 heavy (non-hydrogen) atoms. The zero-order valence-electron chi connectivity index (χ0n) is 17.2. The number of nitrogens with zero attached hydrogens (tertiary/aromatic N) is 5. The van der Waals surface area contributed by atoms with Gasteiger partial charge in [0, 0.05) is 53.8 Å². The lowest BCUT2D eigenvalue weighted by Gasteiger charge is -2.33. The van der Waals surface area contributed by atoms with Crippen molar-refractivity contribution in [3.05, 3.63) is 66.1 Å². The van der Waals surface area contributed by atoms with Gasteiger partial charge in [0.1, 0.15) is 0 Å². The maximum atomic E-state index is 13.4. The molecule has 6 nitrogen and oxygen atoms in total. The highest BCUT2D eigenvalue weighted by Gasteiger charge is 2.27. The maximum absolute atomic E-state index is 13.4. The molecule has 1 atom stereocenters. The second-order valence-electron chi connectivity index (χ2n) is 7.98. The second-order valence-corrected chi connectivity index (χ2v) is 7.98. The Morgan fingerprint density at radius 1 is 1.17 bits per heavy atom. The fourth-order valence-electron chi connectivity index (χ4n) is 4.43. The third-order valence-corrected chi connectivity index (χ3v) is 5.95. The Bertz CT molecular complexity index is 1210. The summed E-state index contributed by atoms with van der Waals surface area (Å²) in [7, 11) is 0. The molecule has 6 heteroatoms. The zero-order valence-corrected chi connectivity index (χ0v) is 17.2. The maximum Gasteiger partial charge on any atom is 0.254 e. The van der Waals surface area contributed by atoms with E-state index in [9.17, 15) is 4.79 Å². The number of carbonyl (C=O) groups is 1. The summed E-state index contributed by atoms with van der Waals surface area (Å²) in [6.45, 7) is 4.48. The molecule has 1 aromatic carbocycles. The van der Waals surface area contributed by atoms with E-state index in [4.69, 9.17) is 4.98 Å². The van der Waals surface area contributed by atoms with E-state index in [1.165, 1.54) is 0 Å². The van der Waals surface area contributed by atoms with Crippen LogP contribution in [0.2, 0.25) is 0 Å². The van der Waals surface area contributed by atoms with Gasteiger partial charge in [0.05, 0.1) is 11.7 Å². The van der Waals surface area contributed by atoms with Gasteiger partial charge in [-0.05, 0) is 49.6 Å². The number of benzene rings is 1. The first-order valence-electron chi connectivity index (χ1n) is 10.7. The minimum atomic E-state index is 0.0791. The van der Waals surface area contributed by atoms with E-state index in [1.807, 2.05) is 46.1 Å². The SMILES string of the molecule is CCCn1ncc2ccc(C3CCCN(C(=O)c4cccc5ncccc45)C3)nc21. The molecule has 0 bridgehead atoms. The largest absolute Gasteiger partial charge is 0.338 e. The molecule has 3 aromatic heterocycles. The zero-order chi connectivity index (χ0) is 20.5. The van der Waals surface area contributed by atoms with Crippen molar-refractivity contribution in [1.82, 2.24) is 24.6 Å². The number of pyridine rings is 2. The quantitative estimate of drug-likeness (QED) is 0.510. The number of aryl methyl sites for hydroxylation is 1. The van der Waals surface area contributed by atoms with Gasteiger partial charge in [-0.25, -0.2) is 9.67 Å². The van der Waals surface area contributed by atoms with Crippen LogP contribution in [0, 0.1) is 0 Å². The summed E-state index contributed by atoms with van der Waals surface area (Å²) < 4.78 is 1.98. The van der Waals surface area contributed by atoms with Crippen LogP contribution in [0.1, 0.15) is 48.2 Å². The lowest BCUT2D eigenvalue weighted by Crippen LogP contribution is -2.39. The molecule has 1 fully saturated rings. The first kappa shape index (κ1) is 18.7. The van der Waals surface area contributed by atoms with Crippen LogP contribution >= 0.6 is 0 Å². The highest BCUT2D eigenvalue weighted by atomic mass is 16.2. The van der Waals surface area contributed by atoms with Crippen LogP contribution < -0.4 is 0 Å². The van der Waals surface area contributed by atoms with E-state index in [2.05, 4.69) is 29.1 Å². The summed E-state index contributed by atoms with van der Waals surface area (Å²) in [5.74, 6) is 0.320. The van der Waals surface area contributed by atoms with Crippen LogP contribution in [0.4, 0.5) is 0 Å². The number of fused-ring (bicyclic) bond motifs is 2. The molecule has 0 N–H and O–H groups in total. The lowest BCUT2D eigenvalue weighted by atomic mass is 9.93. The van der Waals surface area contributed by atoms with Crippen molar-refractivity contribution in [2.24, 2.45) is 0 Å². The minimum absolute atomic E-state index is 0.0791. The van der Waals surface area contributed by atoms with Crippen LogP contribution in [0.25, 0.3) is 21.9 Å². The molecule has 1 amide bonds. The number of rotatable bonds is 4. The summed E-state index contributed by atoms with van der Waals surface area (Å²) in [5.41, 5.74) is 3.58. The highest BCUT2D eigenvalue weighted by molar-refractivity contribution is 6.06. The molecular weight excluding hydrogens is 374 g/mol. The highest BCUT2D eigenvalue weighted by Crippen LogP contribution is 2.29. The van der Waals surface area contributed by atoms with E-state index in [0.717, 1.165) is 65.5 Å². The number of aromatic nitrogens is 4. The average molecular weight is 399 g/mol. The molecule has 4 aromatic rings. The standard InChI is InChI=1S/C24H25N5O/c1-2-13-29-23-17(15-26-29)10-11-21(27-23)18-6-5-14-28(16-18)24(30)20-7-3-9-22-19(20)8-4-12-25-22/h3-4,7-12,15,18H,2,5-6,13-14,16H2,1H3. The molecule has 1 aliphatic heterocycles. The predicted octanol–water partition coefficient (Wildman–Crippen LogP) is 4.41. The molecule has 1 aliphatic rings. The Morgan fingerprint density at radius 2 is 2.10 bits per heavy atom. The summed E-state index contributed by atoms with van der Waals surface area (Å²) in [4.78, 5) is 24.7. The number of amides is 1.